The molecule has 0 bridgehead atoms. The summed E-state index contributed by atoms with van der Waals surface area (Å²) in [7, 11) is 0. The number of ether oxygens (including phenoxy) is 1. The summed E-state index contributed by atoms with van der Waals surface area (Å²) >= 11 is 0. The van der Waals surface area contributed by atoms with Gasteiger partial charge in [-0.1, -0.05) is 6.92 Å². The smallest absolute Gasteiger partial charge is 0.161 e. The maximum Gasteiger partial charge on any atom is 0.161 e. The number of benzene rings is 1. The lowest BCUT2D eigenvalue weighted by Gasteiger charge is -2.21. The minimum Gasteiger partial charge on any atom is -0.492 e. The van der Waals surface area contributed by atoms with E-state index >= 15 is 0 Å². The van der Waals surface area contributed by atoms with Crippen LogP contribution in [0.2, 0.25) is 0 Å². The number of aliphatic hydroxyl groups is 1. The van der Waals surface area contributed by atoms with E-state index in [9.17, 15) is 0 Å². The van der Waals surface area contributed by atoms with Gasteiger partial charge in [-0.2, -0.15) is 0 Å². The van der Waals surface area contributed by atoms with Crippen LogP contribution in [0.5, 0.6) is 5.75 Å². The van der Waals surface area contributed by atoms with Crippen molar-refractivity contribution in [1.29, 1.82) is 0 Å². The Balaban J connectivity index is 1.32. The molecule has 0 unspecified atom stereocenters. The van der Waals surface area contributed by atoms with E-state index in [1.165, 1.54) is 44.5 Å². The van der Waals surface area contributed by atoms with E-state index in [1.807, 2.05) is 30.5 Å². The number of aromatic nitrogens is 2. The van der Waals surface area contributed by atoms with Crippen molar-refractivity contribution in [2.24, 2.45) is 0 Å². The summed E-state index contributed by atoms with van der Waals surface area (Å²) in [6.45, 7) is 11.1. The molecule has 0 saturated carbocycles. The normalized spacial score (nSPS) is 16.2. The Morgan fingerprint density at radius 3 is 2.62 bits per heavy atom. The highest BCUT2D eigenvalue weighted by Gasteiger charge is 2.22. The summed E-state index contributed by atoms with van der Waals surface area (Å²) in [5.41, 5.74) is 2.28. The summed E-state index contributed by atoms with van der Waals surface area (Å²) in [6.07, 6.45) is 6.94. The number of fused-ring (bicyclic) bond motifs is 1. The number of rotatable bonds is 12. The molecule has 3 heterocycles. The number of likely N-dealkylation sites (tertiary alicyclic amines) is 1. The maximum atomic E-state index is 9.09. The molecule has 1 aromatic carbocycles. The van der Waals surface area contributed by atoms with Gasteiger partial charge in [0.2, 0.25) is 0 Å². The average Bonchev–Trinajstić information content (AvgIpc) is 3.49. The van der Waals surface area contributed by atoms with E-state index in [2.05, 4.69) is 26.6 Å². The van der Waals surface area contributed by atoms with Crippen LogP contribution in [0.15, 0.2) is 30.5 Å². The highest BCUT2D eigenvalue weighted by molar-refractivity contribution is 5.61. The van der Waals surface area contributed by atoms with Crippen molar-refractivity contribution in [1.82, 2.24) is 19.8 Å². The van der Waals surface area contributed by atoms with Crippen LogP contribution in [-0.4, -0.2) is 90.4 Å². The van der Waals surface area contributed by atoms with Crippen LogP contribution in [0.1, 0.15) is 31.7 Å². The fraction of sp³-hybridized carbons (Fsp3) is 0.600. The number of hydrogen-bond acceptors (Lipinski definition) is 7. The molecule has 7 nitrogen and oxygen atoms in total. The van der Waals surface area contributed by atoms with Crippen LogP contribution in [0.3, 0.4) is 0 Å². The van der Waals surface area contributed by atoms with Gasteiger partial charge in [-0.3, -0.25) is 4.90 Å². The van der Waals surface area contributed by atoms with Crippen LogP contribution in [-0.2, 0) is 6.42 Å². The van der Waals surface area contributed by atoms with Gasteiger partial charge in [0.25, 0.3) is 0 Å². The lowest BCUT2D eigenvalue weighted by Crippen LogP contribution is -2.30. The molecule has 1 saturated heterocycles. The first-order valence-corrected chi connectivity index (χ1v) is 12.2. The van der Waals surface area contributed by atoms with E-state index in [0.717, 1.165) is 55.6 Å². The lowest BCUT2D eigenvalue weighted by molar-refractivity contribution is 0.174. The Kier molecular flexibility index (Phi) is 8.31. The molecule has 0 radical (unpaired) electrons. The Morgan fingerprint density at radius 2 is 1.88 bits per heavy atom. The zero-order valence-electron chi connectivity index (χ0n) is 19.4. The predicted molar refractivity (Wildman–Crippen MR) is 128 cm³/mol. The molecule has 1 aromatic heterocycles. The molecule has 0 amide bonds. The van der Waals surface area contributed by atoms with Gasteiger partial charge in [-0.05, 0) is 76.1 Å². The zero-order valence-corrected chi connectivity index (χ0v) is 19.4. The molecule has 2 aliphatic rings. The highest BCUT2D eigenvalue weighted by Crippen LogP contribution is 2.28. The second-order valence-electron chi connectivity index (χ2n) is 8.71. The van der Waals surface area contributed by atoms with Crippen molar-refractivity contribution in [3.05, 3.63) is 36.0 Å². The molecule has 174 valence electrons. The molecule has 2 aromatic rings. The second-order valence-corrected chi connectivity index (χ2v) is 8.71. The van der Waals surface area contributed by atoms with Gasteiger partial charge in [0.1, 0.15) is 18.2 Å². The molecule has 4 rings (SSSR count). The predicted octanol–water partition coefficient (Wildman–Crippen LogP) is 2.69. The Hall–Kier alpha value is -2.22. The topological polar surface area (TPSA) is 65.0 Å². The maximum absolute atomic E-state index is 9.09. The summed E-state index contributed by atoms with van der Waals surface area (Å²) in [5.74, 6) is 2.74. The van der Waals surface area contributed by atoms with Gasteiger partial charge in [0.15, 0.2) is 5.82 Å². The molecule has 0 aliphatic carbocycles. The zero-order chi connectivity index (χ0) is 22.2. The SMILES string of the molecule is CCN(CCO)CCOc1ccc(-c2ncc3c(n2)N(CCCN2CCCC2)CC3)cc1. The second kappa shape index (κ2) is 11.6. The quantitative estimate of drug-likeness (QED) is 0.545. The van der Waals surface area contributed by atoms with Gasteiger partial charge in [0.05, 0.1) is 6.61 Å². The monoisotopic (exact) mass is 439 g/mol. The molecular weight excluding hydrogens is 402 g/mol. The van der Waals surface area contributed by atoms with Crippen LogP contribution in [0.25, 0.3) is 11.4 Å². The summed E-state index contributed by atoms with van der Waals surface area (Å²) < 4.78 is 5.88. The first kappa shape index (κ1) is 23.0. The van der Waals surface area contributed by atoms with Crippen LogP contribution in [0, 0.1) is 0 Å². The summed E-state index contributed by atoms with van der Waals surface area (Å²) in [5, 5.41) is 9.09. The largest absolute Gasteiger partial charge is 0.492 e. The highest BCUT2D eigenvalue weighted by atomic mass is 16.5. The van der Waals surface area contributed by atoms with Crippen molar-refractivity contribution in [3.8, 4) is 17.1 Å². The minimum atomic E-state index is 0.180. The van der Waals surface area contributed by atoms with Crippen molar-refractivity contribution in [2.45, 2.75) is 32.6 Å². The standard InChI is InChI=1S/C25H37N5O2/c1-2-28(16-18-31)17-19-32-23-8-6-21(7-9-23)24-26-20-22-10-15-30(25(22)27-24)14-5-13-29-11-3-4-12-29/h6-9,20,31H,2-5,10-19H2,1H3. The molecule has 32 heavy (non-hydrogen) atoms. The Labute approximate surface area is 192 Å². The number of hydrogen-bond donors (Lipinski definition) is 1. The number of aliphatic hydroxyl groups excluding tert-OH is 1. The molecular formula is C25H37N5O2. The first-order chi connectivity index (χ1) is 15.8. The first-order valence-electron chi connectivity index (χ1n) is 12.2. The van der Waals surface area contributed by atoms with Crippen molar-refractivity contribution < 1.29 is 9.84 Å². The van der Waals surface area contributed by atoms with Crippen LogP contribution in [0.4, 0.5) is 5.82 Å². The fourth-order valence-corrected chi connectivity index (χ4v) is 4.62. The van der Waals surface area contributed by atoms with Crippen molar-refractivity contribution in [2.75, 3.05) is 70.5 Å². The van der Waals surface area contributed by atoms with Crippen molar-refractivity contribution in [3.63, 3.8) is 0 Å². The summed E-state index contributed by atoms with van der Waals surface area (Å²) in [6, 6.07) is 8.05. The van der Waals surface area contributed by atoms with Gasteiger partial charge >= 0.3 is 0 Å². The molecule has 0 atom stereocenters. The Morgan fingerprint density at radius 1 is 1.06 bits per heavy atom. The van der Waals surface area contributed by atoms with E-state index in [-0.39, 0.29) is 6.61 Å². The van der Waals surface area contributed by atoms with Crippen molar-refractivity contribution >= 4 is 5.82 Å². The van der Waals surface area contributed by atoms with Crippen LogP contribution < -0.4 is 9.64 Å². The third-order valence-electron chi connectivity index (χ3n) is 6.55. The van der Waals surface area contributed by atoms with E-state index in [1.54, 1.807) is 0 Å². The van der Waals surface area contributed by atoms with Gasteiger partial charge in [-0.15, -0.1) is 0 Å². The third-order valence-corrected chi connectivity index (χ3v) is 6.55. The third kappa shape index (κ3) is 5.97. The minimum absolute atomic E-state index is 0.180. The lowest BCUT2D eigenvalue weighted by atomic mass is 10.2. The molecule has 1 fully saturated rings. The summed E-state index contributed by atoms with van der Waals surface area (Å²) in [4.78, 5) is 16.7. The molecule has 1 N–H and O–H groups in total. The van der Waals surface area contributed by atoms with E-state index < -0.39 is 0 Å². The molecule has 7 heteroatoms. The average molecular weight is 440 g/mol. The fourth-order valence-electron chi connectivity index (χ4n) is 4.62. The molecule has 0 spiro atoms. The number of likely N-dealkylation sites (N-methyl/N-ethyl adjacent to an activating group) is 1. The van der Waals surface area contributed by atoms with Gasteiger partial charge in [0, 0.05) is 43.5 Å². The van der Waals surface area contributed by atoms with Crippen LogP contribution >= 0.6 is 0 Å². The Bertz CT molecular complexity index is 839. The number of anilines is 1. The molecule has 2 aliphatic heterocycles. The van der Waals surface area contributed by atoms with Gasteiger partial charge < -0.3 is 19.6 Å². The van der Waals surface area contributed by atoms with E-state index in [4.69, 9.17) is 14.8 Å². The number of nitrogens with zero attached hydrogens (tertiary/aromatic N) is 5. The van der Waals surface area contributed by atoms with Gasteiger partial charge in [-0.25, -0.2) is 9.97 Å². The van der Waals surface area contributed by atoms with E-state index in [0.29, 0.717) is 13.2 Å².